The summed E-state index contributed by atoms with van der Waals surface area (Å²) in [6.07, 6.45) is 5.98. The molecule has 6 unspecified atom stereocenters. The number of carbonyl (C=O) groups excluding carboxylic acids is 1. The van der Waals surface area contributed by atoms with Gasteiger partial charge in [0.05, 0.1) is 24.7 Å². The van der Waals surface area contributed by atoms with Crippen molar-refractivity contribution >= 4 is 28.6 Å². The third kappa shape index (κ3) is 11.2. The number of methoxy groups -OCH3 is 2. The van der Waals surface area contributed by atoms with Gasteiger partial charge in [-0.05, 0) is 54.2 Å². The van der Waals surface area contributed by atoms with E-state index in [-0.39, 0.29) is 42.0 Å². The molecule has 0 aliphatic heterocycles. The second-order valence-electron chi connectivity index (χ2n) is 9.31. The third-order valence-corrected chi connectivity index (χ3v) is 6.94. The fourth-order valence-electron chi connectivity index (χ4n) is 4.10. The molecule has 0 bridgehead atoms. The molecule has 6 heteroatoms. The molecule has 0 aromatic heterocycles. The van der Waals surface area contributed by atoms with E-state index in [0.29, 0.717) is 12.5 Å². The maximum Gasteiger partial charge on any atom is 0.308 e. The number of carbonyl (C=O) groups is 1. The molecule has 5 nitrogen and oxygen atoms in total. The molecule has 190 valence electrons. The number of hydrogen-bond donors (Lipinski definition) is 0. The maximum absolute atomic E-state index is 12.5. The first-order chi connectivity index (χ1) is 15.2. The highest BCUT2D eigenvalue weighted by Crippen LogP contribution is 2.31. The Kier molecular flexibility index (Phi) is 17.9. The molecule has 0 aromatic rings. The second-order valence-corrected chi connectivity index (χ2v) is 9.93. The van der Waals surface area contributed by atoms with E-state index in [1.54, 1.807) is 14.2 Å². The highest BCUT2D eigenvalue weighted by molar-refractivity contribution is 14.1. The van der Waals surface area contributed by atoms with Crippen molar-refractivity contribution < 1.29 is 23.7 Å². The van der Waals surface area contributed by atoms with Gasteiger partial charge in [-0.1, -0.05) is 61.3 Å². The minimum absolute atomic E-state index is 0.0260. The molecule has 0 heterocycles. The molecule has 0 rings (SSSR count). The average Bonchev–Trinajstić information content (AvgIpc) is 2.77. The van der Waals surface area contributed by atoms with Gasteiger partial charge in [-0.25, -0.2) is 0 Å². The van der Waals surface area contributed by atoms with Crippen LogP contribution < -0.4 is 0 Å². The molecule has 6 atom stereocenters. The predicted octanol–water partition coefficient (Wildman–Crippen LogP) is 7.17. The van der Waals surface area contributed by atoms with Crippen LogP contribution in [0.25, 0.3) is 0 Å². The first-order valence-electron chi connectivity index (χ1n) is 12.4. The number of rotatable bonds is 18. The summed E-state index contributed by atoms with van der Waals surface area (Å²) in [6, 6.07) is 0. The fourth-order valence-corrected chi connectivity index (χ4v) is 4.84. The number of halogens is 1. The predicted molar refractivity (Wildman–Crippen MR) is 141 cm³/mol. The Labute approximate surface area is 211 Å². The molecule has 0 fully saturated rings. The third-order valence-electron chi connectivity index (χ3n) is 6.32. The van der Waals surface area contributed by atoms with Gasteiger partial charge in [-0.3, -0.25) is 4.79 Å². The SMILES string of the molecule is CCCCC(OC)C(C)CCC(OC(=O)C(C)C)C(C)C(OC)C(C)/C(=C\I)OCCC. The van der Waals surface area contributed by atoms with Crippen LogP contribution in [0.3, 0.4) is 0 Å². The van der Waals surface area contributed by atoms with Crippen LogP contribution in [0.2, 0.25) is 0 Å². The van der Waals surface area contributed by atoms with Crippen LogP contribution in [0.15, 0.2) is 9.84 Å². The summed E-state index contributed by atoms with van der Waals surface area (Å²) in [5.41, 5.74) is 0. The van der Waals surface area contributed by atoms with E-state index in [9.17, 15) is 4.79 Å². The standard InChI is InChI=1S/C26H49IO5/c1-10-12-13-22(29-8)19(5)14-15-23(32-26(28)18(3)4)20(6)25(30-9)21(7)24(17-27)31-16-11-2/h17-23,25H,10-16H2,1-9H3/b24-17+. The number of unbranched alkanes of at least 4 members (excludes halogenated alkanes) is 1. The van der Waals surface area contributed by atoms with Crippen LogP contribution in [-0.2, 0) is 23.7 Å². The molecule has 0 aliphatic rings. The largest absolute Gasteiger partial charge is 0.497 e. The molecule has 0 spiro atoms. The van der Waals surface area contributed by atoms with Gasteiger partial charge in [0.1, 0.15) is 11.9 Å². The number of ether oxygens (including phenoxy) is 4. The molecule has 0 radical (unpaired) electrons. The van der Waals surface area contributed by atoms with E-state index in [1.165, 1.54) is 6.42 Å². The van der Waals surface area contributed by atoms with Crippen LogP contribution in [-0.4, -0.2) is 45.1 Å². The van der Waals surface area contributed by atoms with Gasteiger partial charge in [0.2, 0.25) is 0 Å². The quantitative estimate of drug-likeness (QED) is 0.0998. The van der Waals surface area contributed by atoms with Crippen molar-refractivity contribution in [3.05, 3.63) is 9.84 Å². The Balaban J connectivity index is 5.48. The minimum atomic E-state index is -0.218. The normalized spacial score (nSPS) is 18.0. The van der Waals surface area contributed by atoms with E-state index >= 15 is 0 Å². The van der Waals surface area contributed by atoms with E-state index in [2.05, 4.69) is 57.2 Å². The van der Waals surface area contributed by atoms with Crippen molar-refractivity contribution in [2.45, 2.75) is 105 Å². The first-order valence-corrected chi connectivity index (χ1v) is 13.6. The van der Waals surface area contributed by atoms with Gasteiger partial charge in [0, 0.05) is 30.1 Å². The summed E-state index contributed by atoms with van der Waals surface area (Å²) < 4.78 is 25.7. The molecular weight excluding hydrogens is 519 g/mol. The molecule has 0 aliphatic carbocycles. The lowest BCUT2D eigenvalue weighted by atomic mass is 9.84. The highest BCUT2D eigenvalue weighted by atomic mass is 127. The van der Waals surface area contributed by atoms with Crippen LogP contribution in [0.5, 0.6) is 0 Å². The van der Waals surface area contributed by atoms with Crippen molar-refractivity contribution in [2.75, 3.05) is 20.8 Å². The first kappa shape index (κ1) is 31.7. The van der Waals surface area contributed by atoms with Crippen LogP contribution >= 0.6 is 22.6 Å². The van der Waals surface area contributed by atoms with Crippen LogP contribution in [0.4, 0.5) is 0 Å². The Bertz CT molecular complexity index is 522. The Morgan fingerprint density at radius 1 is 0.906 bits per heavy atom. The lowest BCUT2D eigenvalue weighted by molar-refractivity contribution is -0.160. The van der Waals surface area contributed by atoms with E-state index < -0.39 is 0 Å². The Morgan fingerprint density at radius 2 is 1.56 bits per heavy atom. The van der Waals surface area contributed by atoms with Crippen LogP contribution in [0, 0.1) is 23.7 Å². The fraction of sp³-hybridized carbons (Fsp3) is 0.885. The Hall–Kier alpha value is -0.340. The van der Waals surface area contributed by atoms with Crippen molar-refractivity contribution in [2.24, 2.45) is 23.7 Å². The van der Waals surface area contributed by atoms with Crippen molar-refractivity contribution in [1.29, 1.82) is 0 Å². The van der Waals surface area contributed by atoms with Gasteiger partial charge in [-0.2, -0.15) is 0 Å². The molecule has 0 saturated carbocycles. The van der Waals surface area contributed by atoms with Gasteiger partial charge in [0.15, 0.2) is 0 Å². The highest BCUT2D eigenvalue weighted by Gasteiger charge is 2.35. The monoisotopic (exact) mass is 568 g/mol. The van der Waals surface area contributed by atoms with E-state index in [4.69, 9.17) is 18.9 Å². The summed E-state index contributed by atoms with van der Waals surface area (Å²) in [5.74, 6) is 1.10. The van der Waals surface area contributed by atoms with Gasteiger partial charge in [-0.15, -0.1) is 0 Å². The molecule has 0 N–H and O–H groups in total. The number of hydrogen-bond acceptors (Lipinski definition) is 5. The average molecular weight is 569 g/mol. The zero-order valence-corrected chi connectivity index (χ0v) is 24.1. The molecule has 0 amide bonds. The van der Waals surface area contributed by atoms with E-state index in [0.717, 1.165) is 37.9 Å². The maximum atomic E-state index is 12.5. The summed E-state index contributed by atoms with van der Waals surface area (Å²) in [6.45, 7) is 15.2. The van der Waals surface area contributed by atoms with Crippen LogP contribution in [0.1, 0.15) is 87.0 Å². The topological polar surface area (TPSA) is 54.0 Å². The summed E-state index contributed by atoms with van der Waals surface area (Å²) in [5, 5.41) is 0. The molecular formula is C26H49IO5. The zero-order valence-electron chi connectivity index (χ0n) is 22.0. The summed E-state index contributed by atoms with van der Waals surface area (Å²) in [7, 11) is 3.53. The minimum Gasteiger partial charge on any atom is -0.497 e. The van der Waals surface area contributed by atoms with Gasteiger partial charge in [0.25, 0.3) is 0 Å². The summed E-state index contributed by atoms with van der Waals surface area (Å²) >= 11 is 2.23. The summed E-state index contributed by atoms with van der Waals surface area (Å²) in [4.78, 5) is 12.5. The molecule has 0 aromatic carbocycles. The lowest BCUT2D eigenvalue weighted by Gasteiger charge is -2.35. The van der Waals surface area contributed by atoms with Crippen molar-refractivity contribution in [3.63, 3.8) is 0 Å². The van der Waals surface area contributed by atoms with Crippen molar-refractivity contribution in [3.8, 4) is 0 Å². The number of esters is 1. The lowest BCUT2D eigenvalue weighted by Crippen LogP contribution is -2.40. The van der Waals surface area contributed by atoms with Gasteiger partial charge >= 0.3 is 5.97 Å². The van der Waals surface area contributed by atoms with Gasteiger partial charge < -0.3 is 18.9 Å². The Morgan fingerprint density at radius 3 is 2.03 bits per heavy atom. The second kappa shape index (κ2) is 18.0. The van der Waals surface area contributed by atoms with Crippen molar-refractivity contribution in [1.82, 2.24) is 0 Å². The smallest absolute Gasteiger partial charge is 0.308 e. The zero-order chi connectivity index (χ0) is 24.7. The molecule has 0 saturated heterocycles. The molecule has 32 heavy (non-hydrogen) atoms. The van der Waals surface area contributed by atoms with E-state index in [1.807, 2.05) is 17.9 Å².